The number of rotatable bonds is 5. The Kier molecular flexibility index (Phi) is 4.12. The molecule has 2 aromatic heterocycles. The zero-order valence-electron chi connectivity index (χ0n) is 16.3. The van der Waals surface area contributed by atoms with Crippen LogP contribution in [0.15, 0.2) is 65.4 Å². The van der Waals surface area contributed by atoms with Crippen LogP contribution >= 0.6 is 0 Å². The highest BCUT2D eigenvalue weighted by Crippen LogP contribution is 2.53. The molecule has 6 heteroatoms. The van der Waals surface area contributed by atoms with Gasteiger partial charge in [-0.1, -0.05) is 47.1 Å². The molecule has 6 nitrogen and oxygen atoms in total. The standard InChI is InChI=1S/C23H20N4O2/c1-15-3-5-17(6-4-15)23(11-12-23)18-7-9-19(10-8-18)28-20-13-24-21(25-14-20)22-26-16(2)29-27-22/h3-10,13-14H,11-12H2,1-2H3. The van der Waals surface area contributed by atoms with Crippen LogP contribution in [0, 0.1) is 13.8 Å². The van der Waals surface area contributed by atoms with Crippen molar-refractivity contribution in [2.45, 2.75) is 32.1 Å². The van der Waals surface area contributed by atoms with Gasteiger partial charge in [0.15, 0.2) is 5.75 Å². The largest absolute Gasteiger partial charge is 0.454 e. The van der Waals surface area contributed by atoms with Crippen molar-refractivity contribution in [1.29, 1.82) is 0 Å². The van der Waals surface area contributed by atoms with Crippen molar-refractivity contribution in [2.24, 2.45) is 0 Å². The van der Waals surface area contributed by atoms with Crippen LogP contribution in [0.1, 0.15) is 35.4 Å². The maximum absolute atomic E-state index is 5.89. The molecule has 0 amide bonds. The second kappa shape index (κ2) is 6.81. The highest BCUT2D eigenvalue weighted by Gasteiger charge is 2.45. The highest BCUT2D eigenvalue weighted by atomic mass is 16.5. The third kappa shape index (κ3) is 3.38. The lowest BCUT2D eigenvalue weighted by molar-refractivity contribution is 0.394. The van der Waals surface area contributed by atoms with Crippen LogP contribution in [0.3, 0.4) is 0 Å². The minimum Gasteiger partial charge on any atom is -0.454 e. The van der Waals surface area contributed by atoms with Crippen LogP contribution < -0.4 is 4.74 Å². The number of hydrogen-bond donors (Lipinski definition) is 0. The SMILES string of the molecule is Cc1ccc(C2(c3ccc(Oc4cnc(-c5noc(C)n5)nc4)cc3)CC2)cc1. The van der Waals surface area contributed by atoms with Crippen LogP contribution in [0.4, 0.5) is 0 Å². The van der Waals surface area contributed by atoms with Crippen molar-refractivity contribution in [3.8, 4) is 23.1 Å². The summed E-state index contributed by atoms with van der Waals surface area (Å²) in [6.45, 7) is 3.84. The molecule has 0 atom stereocenters. The Morgan fingerprint density at radius 1 is 0.793 bits per heavy atom. The van der Waals surface area contributed by atoms with E-state index in [2.05, 4.69) is 63.4 Å². The Bertz CT molecular complexity index is 1130. The van der Waals surface area contributed by atoms with Gasteiger partial charge >= 0.3 is 0 Å². The molecule has 2 heterocycles. The molecule has 144 valence electrons. The number of benzene rings is 2. The van der Waals surface area contributed by atoms with Crippen molar-refractivity contribution < 1.29 is 9.26 Å². The fourth-order valence-electron chi connectivity index (χ4n) is 3.59. The topological polar surface area (TPSA) is 73.9 Å². The molecule has 1 aliphatic rings. The Balaban J connectivity index is 1.31. The molecule has 4 aromatic rings. The van der Waals surface area contributed by atoms with E-state index in [9.17, 15) is 0 Å². The summed E-state index contributed by atoms with van der Waals surface area (Å²) >= 11 is 0. The lowest BCUT2D eigenvalue weighted by Crippen LogP contribution is -2.08. The second-order valence-corrected chi connectivity index (χ2v) is 7.45. The van der Waals surface area contributed by atoms with E-state index < -0.39 is 0 Å². The number of aryl methyl sites for hydroxylation is 2. The van der Waals surface area contributed by atoms with Gasteiger partial charge in [0.25, 0.3) is 0 Å². The molecule has 0 spiro atoms. The van der Waals surface area contributed by atoms with E-state index in [0.29, 0.717) is 23.3 Å². The molecule has 2 aromatic carbocycles. The molecule has 5 rings (SSSR count). The van der Waals surface area contributed by atoms with Crippen molar-refractivity contribution in [1.82, 2.24) is 20.1 Å². The monoisotopic (exact) mass is 384 g/mol. The number of hydrogen-bond acceptors (Lipinski definition) is 6. The number of aromatic nitrogens is 4. The maximum atomic E-state index is 5.89. The molecule has 0 unspecified atom stereocenters. The quantitative estimate of drug-likeness (QED) is 0.481. The summed E-state index contributed by atoms with van der Waals surface area (Å²) in [5.41, 5.74) is 4.15. The summed E-state index contributed by atoms with van der Waals surface area (Å²) in [5.74, 6) is 2.55. The van der Waals surface area contributed by atoms with Gasteiger partial charge in [-0.05, 0) is 43.0 Å². The average Bonchev–Trinajstić information content (AvgIpc) is 3.44. The van der Waals surface area contributed by atoms with Crippen LogP contribution in [0.2, 0.25) is 0 Å². The van der Waals surface area contributed by atoms with Crippen LogP contribution in [-0.2, 0) is 5.41 Å². The third-order valence-corrected chi connectivity index (χ3v) is 5.35. The molecular weight excluding hydrogens is 364 g/mol. The fourth-order valence-corrected chi connectivity index (χ4v) is 3.59. The first-order valence-corrected chi connectivity index (χ1v) is 9.61. The number of ether oxygens (including phenoxy) is 1. The summed E-state index contributed by atoms with van der Waals surface area (Å²) in [7, 11) is 0. The van der Waals surface area contributed by atoms with E-state index in [-0.39, 0.29) is 5.41 Å². The molecule has 0 bridgehead atoms. The molecule has 0 aliphatic heterocycles. The Hall–Kier alpha value is -3.54. The molecule has 1 aliphatic carbocycles. The van der Waals surface area contributed by atoms with Crippen molar-refractivity contribution in [3.05, 3.63) is 83.5 Å². The van der Waals surface area contributed by atoms with E-state index >= 15 is 0 Å². The summed E-state index contributed by atoms with van der Waals surface area (Å²) in [6.07, 6.45) is 5.58. The van der Waals surface area contributed by atoms with Gasteiger partial charge < -0.3 is 9.26 Å². The molecule has 1 saturated carbocycles. The molecular formula is C23H20N4O2. The minimum absolute atomic E-state index is 0.152. The molecule has 1 fully saturated rings. The van der Waals surface area contributed by atoms with Gasteiger partial charge in [-0.3, -0.25) is 0 Å². The predicted molar refractivity (Wildman–Crippen MR) is 108 cm³/mol. The molecule has 29 heavy (non-hydrogen) atoms. The summed E-state index contributed by atoms with van der Waals surface area (Å²) in [5, 5.41) is 3.82. The smallest absolute Gasteiger partial charge is 0.240 e. The van der Waals surface area contributed by atoms with Gasteiger partial charge in [-0.25, -0.2) is 9.97 Å². The van der Waals surface area contributed by atoms with Gasteiger partial charge in [0.1, 0.15) is 5.75 Å². The van der Waals surface area contributed by atoms with E-state index in [1.54, 1.807) is 19.3 Å². The Morgan fingerprint density at radius 2 is 1.41 bits per heavy atom. The minimum atomic E-state index is 0.152. The van der Waals surface area contributed by atoms with Crippen molar-refractivity contribution in [3.63, 3.8) is 0 Å². The van der Waals surface area contributed by atoms with E-state index in [4.69, 9.17) is 9.26 Å². The van der Waals surface area contributed by atoms with Gasteiger partial charge in [0.2, 0.25) is 17.5 Å². The van der Waals surface area contributed by atoms with E-state index in [0.717, 1.165) is 5.75 Å². The Morgan fingerprint density at radius 3 is 1.97 bits per heavy atom. The normalized spacial score (nSPS) is 14.6. The highest BCUT2D eigenvalue weighted by molar-refractivity contribution is 5.47. The summed E-state index contributed by atoms with van der Waals surface area (Å²) in [6, 6.07) is 17.2. The number of nitrogens with zero attached hydrogens (tertiary/aromatic N) is 4. The molecule has 0 saturated heterocycles. The third-order valence-electron chi connectivity index (χ3n) is 5.35. The van der Waals surface area contributed by atoms with Gasteiger partial charge in [0.05, 0.1) is 12.4 Å². The van der Waals surface area contributed by atoms with E-state index in [1.165, 1.54) is 29.5 Å². The summed E-state index contributed by atoms with van der Waals surface area (Å²) in [4.78, 5) is 12.6. The van der Waals surface area contributed by atoms with Crippen LogP contribution in [0.25, 0.3) is 11.6 Å². The van der Waals surface area contributed by atoms with E-state index in [1.807, 2.05) is 12.1 Å². The zero-order valence-corrected chi connectivity index (χ0v) is 16.3. The molecule has 0 radical (unpaired) electrons. The van der Waals surface area contributed by atoms with Gasteiger partial charge in [-0.15, -0.1) is 0 Å². The second-order valence-electron chi connectivity index (χ2n) is 7.45. The van der Waals surface area contributed by atoms with Gasteiger partial charge in [-0.2, -0.15) is 4.98 Å². The van der Waals surface area contributed by atoms with Crippen molar-refractivity contribution >= 4 is 0 Å². The van der Waals surface area contributed by atoms with Crippen molar-refractivity contribution in [2.75, 3.05) is 0 Å². The van der Waals surface area contributed by atoms with Gasteiger partial charge in [0, 0.05) is 12.3 Å². The Labute approximate surface area is 168 Å². The van der Waals surface area contributed by atoms with Crippen LogP contribution in [-0.4, -0.2) is 20.1 Å². The lowest BCUT2D eigenvalue weighted by Gasteiger charge is -2.17. The predicted octanol–water partition coefficient (Wildman–Crippen LogP) is 5.02. The van der Waals surface area contributed by atoms with Crippen LogP contribution in [0.5, 0.6) is 11.5 Å². The maximum Gasteiger partial charge on any atom is 0.240 e. The zero-order chi connectivity index (χ0) is 19.8. The summed E-state index contributed by atoms with van der Waals surface area (Å²) < 4.78 is 10.8. The fraction of sp³-hybridized carbons (Fsp3) is 0.217. The lowest BCUT2D eigenvalue weighted by atomic mass is 9.88. The first-order chi connectivity index (χ1) is 14.1. The molecule has 0 N–H and O–H groups in total. The average molecular weight is 384 g/mol. The first-order valence-electron chi connectivity index (χ1n) is 9.61. The first kappa shape index (κ1) is 17.6.